The van der Waals surface area contributed by atoms with E-state index in [0.717, 1.165) is 35.3 Å². The van der Waals surface area contributed by atoms with Gasteiger partial charge in [-0.2, -0.15) is 10.4 Å². The summed E-state index contributed by atoms with van der Waals surface area (Å²) >= 11 is 0. The Balaban J connectivity index is 1.90. The molecule has 1 atom stereocenters. The molecule has 0 aliphatic carbocycles. The van der Waals surface area contributed by atoms with Crippen LogP contribution in [0.25, 0.3) is 22.3 Å². The Morgan fingerprint density at radius 1 is 1.22 bits per heavy atom. The molecule has 1 saturated heterocycles. The van der Waals surface area contributed by atoms with Crippen LogP contribution in [0.3, 0.4) is 0 Å². The highest BCUT2D eigenvalue weighted by molar-refractivity contribution is 5.98. The summed E-state index contributed by atoms with van der Waals surface area (Å²) in [6.07, 6.45) is 4.52. The average molecular weight is 305 g/mol. The molecule has 1 aliphatic heterocycles. The van der Waals surface area contributed by atoms with Crippen LogP contribution in [0.15, 0.2) is 36.7 Å². The number of likely N-dealkylation sites (tertiary alicyclic amines) is 1. The van der Waals surface area contributed by atoms with Gasteiger partial charge in [0.2, 0.25) is 0 Å². The van der Waals surface area contributed by atoms with Crippen LogP contribution in [-0.2, 0) is 0 Å². The van der Waals surface area contributed by atoms with Gasteiger partial charge in [-0.05, 0) is 6.42 Å². The number of rotatable bonds is 2. The molecule has 7 nitrogen and oxygen atoms in total. The summed E-state index contributed by atoms with van der Waals surface area (Å²) in [6, 6.07) is 10.00. The lowest BCUT2D eigenvalue weighted by molar-refractivity contribution is 0.433. The summed E-state index contributed by atoms with van der Waals surface area (Å²) in [7, 11) is 0. The van der Waals surface area contributed by atoms with Crippen molar-refractivity contribution < 1.29 is 0 Å². The zero-order chi connectivity index (χ0) is 15.8. The van der Waals surface area contributed by atoms with Gasteiger partial charge in [-0.15, -0.1) is 0 Å². The van der Waals surface area contributed by atoms with Crippen molar-refractivity contribution in [2.75, 3.05) is 18.8 Å². The van der Waals surface area contributed by atoms with E-state index < -0.39 is 0 Å². The predicted molar refractivity (Wildman–Crippen MR) is 86.0 cm³/mol. The molecule has 114 valence electrons. The molecule has 0 amide bonds. The third-order valence-corrected chi connectivity index (χ3v) is 4.22. The number of anilines is 1. The maximum atomic E-state index is 9.07. The normalized spacial score (nSPS) is 17.5. The molecule has 4 rings (SSSR count). The van der Waals surface area contributed by atoms with Crippen molar-refractivity contribution in [1.82, 2.24) is 24.6 Å². The monoisotopic (exact) mass is 305 g/mol. The van der Waals surface area contributed by atoms with E-state index in [4.69, 9.17) is 16.1 Å². The minimum absolute atomic E-state index is 0.115. The second-order valence-electron chi connectivity index (χ2n) is 5.61. The van der Waals surface area contributed by atoms with Gasteiger partial charge in [0, 0.05) is 12.1 Å². The number of nitriles is 1. The Bertz CT molecular complexity index is 894. The van der Waals surface area contributed by atoms with Gasteiger partial charge in [0.15, 0.2) is 11.8 Å². The van der Waals surface area contributed by atoms with Crippen molar-refractivity contribution in [3.05, 3.63) is 36.7 Å². The second kappa shape index (κ2) is 5.25. The predicted octanol–water partition coefficient (Wildman–Crippen LogP) is 1.80. The minimum Gasteiger partial charge on any atom is -0.383 e. The lowest BCUT2D eigenvalue weighted by Crippen LogP contribution is -2.17. The fraction of sp³-hybridized carbons (Fsp3) is 0.250. The van der Waals surface area contributed by atoms with Crippen molar-refractivity contribution in [3.63, 3.8) is 0 Å². The molecule has 23 heavy (non-hydrogen) atoms. The third-order valence-electron chi connectivity index (χ3n) is 4.22. The SMILES string of the molecule is N#CN1CCC(n2nc(-c3ccccc3)c3c(N)ncnc32)C1. The van der Waals surface area contributed by atoms with E-state index in [1.54, 1.807) is 4.90 Å². The van der Waals surface area contributed by atoms with Crippen molar-refractivity contribution in [2.24, 2.45) is 0 Å². The maximum Gasteiger partial charge on any atom is 0.179 e. The summed E-state index contributed by atoms with van der Waals surface area (Å²) in [5, 5.41) is 14.6. The Morgan fingerprint density at radius 3 is 2.78 bits per heavy atom. The van der Waals surface area contributed by atoms with Gasteiger partial charge in [0.05, 0.1) is 18.0 Å². The fourth-order valence-electron chi connectivity index (χ4n) is 3.08. The second-order valence-corrected chi connectivity index (χ2v) is 5.61. The van der Waals surface area contributed by atoms with Crippen molar-refractivity contribution in [3.8, 4) is 17.5 Å². The Kier molecular flexibility index (Phi) is 3.08. The van der Waals surface area contributed by atoms with Crippen LogP contribution < -0.4 is 5.73 Å². The zero-order valence-electron chi connectivity index (χ0n) is 12.4. The molecule has 0 spiro atoms. The van der Waals surface area contributed by atoms with Crippen LogP contribution in [-0.4, -0.2) is 37.7 Å². The first-order valence-electron chi connectivity index (χ1n) is 7.46. The van der Waals surface area contributed by atoms with Gasteiger partial charge >= 0.3 is 0 Å². The molecule has 0 bridgehead atoms. The maximum absolute atomic E-state index is 9.07. The summed E-state index contributed by atoms with van der Waals surface area (Å²) in [6.45, 7) is 1.38. The molecular weight excluding hydrogens is 290 g/mol. The lowest BCUT2D eigenvalue weighted by atomic mass is 10.1. The number of benzene rings is 1. The van der Waals surface area contributed by atoms with E-state index in [1.165, 1.54) is 6.33 Å². The summed E-state index contributed by atoms with van der Waals surface area (Å²) in [5.74, 6) is 0.426. The van der Waals surface area contributed by atoms with Crippen molar-refractivity contribution in [1.29, 1.82) is 5.26 Å². The molecule has 1 unspecified atom stereocenters. The molecule has 2 N–H and O–H groups in total. The van der Waals surface area contributed by atoms with E-state index in [-0.39, 0.29) is 6.04 Å². The first-order chi connectivity index (χ1) is 11.3. The van der Waals surface area contributed by atoms with E-state index in [9.17, 15) is 0 Å². The Labute approximate surface area is 133 Å². The third kappa shape index (κ3) is 2.16. The highest BCUT2D eigenvalue weighted by Crippen LogP contribution is 2.33. The van der Waals surface area contributed by atoms with E-state index >= 15 is 0 Å². The van der Waals surface area contributed by atoms with Crippen LogP contribution in [0, 0.1) is 11.5 Å². The van der Waals surface area contributed by atoms with Crippen LogP contribution in [0.4, 0.5) is 5.82 Å². The van der Waals surface area contributed by atoms with Crippen LogP contribution >= 0.6 is 0 Å². The standard InChI is InChI=1S/C16H15N7/c17-9-22-7-6-12(8-22)23-16-13(15(18)19-10-20-16)14(21-23)11-4-2-1-3-5-11/h1-5,10,12H,6-8H2,(H2,18,19,20). The average Bonchev–Trinajstić information content (AvgIpc) is 3.20. The molecule has 3 aromatic rings. The molecule has 3 heterocycles. The Morgan fingerprint density at radius 2 is 2.04 bits per heavy atom. The van der Waals surface area contributed by atoms with E-state index in [0.29, 0.717) is 12.4 Å². The van der Waals surface area contributed by atoms with Gasteiger partial charge < -0.3 is 10.6 Å². The lowest BCUT2D eigenvalue weighted by Gasteiger charge is -2.10. The number of nitrogens with two attached hydrogens (primary N) is 1. The summed E-state index contributed by atoms with van der Waals surface area (Å²) in [5.41, 5.74) is 8.58. The van der Waals surface area contributed by atoms with Crippen LogP contribution in [0.2, 0.25) is 0 Å². The smallest absolute Gasteiger partial charge is 0.179 e. The Hall–Kier alpha value is -3.14. The van der Waals surface area contributed by atoms with Crippen LogP contribution in [0.1, 0.15) is 12.5 Å². The molecule has 0 saturated carbocycles. The van der Waals surface area contributed by atoms with Gasteiger partial charge in [0.1, 0.15) is 17.8 Å². The number of aromatic nitrogens is 4. The highest BCUT2D eigenvalue weighted by atomic mass is 15.4. The number of nitrogen functional groups attached to an aromatic ring is 1. The van der Waals surface area contributed by atoms with Crippen LogP contribution in [0.5, 0.6) is 0 Å². The minimum atomic E-state index is 0.115. The summed E-state index contributed by atoms with van der Waals surface area (Å²) < 4.78 is 1.90. The van der Waals surface area contributed by atoms with E-state index in [2.05, 4.69) is 16.2 Å². The van der Waals surface area contributed by atoms with Gasteiger partial charge in [0.25, 0.3) is 0 Å². The first-order valence-corrected chi connectivity index (χ1v) is 7.46. The fourth-order valence-corrected chi connectivity index (χ4v) is 3.08. The number of hydrogen-bond donors (Lipinski definition) is 1. The molecule has 1 fully saturated rings. The molecule has 1 aromatic carbocycles. The van der Waals surface area contributed by atoms with Crippen molar-refractivity contribution in [2.45, 2.75) is 12.5 Å². The molecule has 1 aliphatic rings. The molecular formula is C16H15N7. The highest BCUT2D eigenvalue weighted by Gasteiger charge is 2.27. The largest absolute Gasteiger partial charge is 0.383 e. The van der Waals surface area contributed by atoms with Crippen molar-refractivity contribution >= 4 is 16.9 Å². The molecule has 7 heteroatoms. The topological polar surface area (TPSA) is 96.7 Å². The van der Waals surface area contributed by atoms with Gasteiger partial charge in [-0.1, -0.05) is 30.3 Å². The zero-order valence-corrected chi connectivity index (χ0v) is 12.4. The summed E-state index contributed by atoms with van der Waals surface area (Å²) in [4.78, 5) is 10.2. The van der Waals surface area contributed by atoms with Gasteiger partial charge in [-0.3, -0.25) is 0 Å². The van der Waals surface area contributed by atoms with E-state index in [1.807, 2.05) is 35.0 Å². The first kappa shape index (κ1) is 13.5. The molecule has 0 radical (unpaired) electrons. The molecule has 2 aromatic heterocycles. The number of fused-ring (bicyclic) bond motifs is 1. The van der Waals surface area contributed by atoms with Gasteiger partial charge in [-0.25, -0.2) is 14.6 Å². The number of nitrogens with zero attached hydrogens (tertiary/aromatic N) is 6. The number of hydrogen-bond acceptors (Lipinski definition) is 6. The quantitative estimate of drug-likeness (QED) is 0.725.